The van der Waals surface area contributed by atoms with Crippen LogP contribution in [-0.4, -0.2) is 52.8 Å². The number of amides is 3. The van der Waals surface area contributed by atoms with Gasteiger partial charge in [-0.3, -0.25) is 14.4 Å². The van der Waals surface area contributed by atoms with E-state index in [0.29, 0.717) is 35.7 Å². The molecule has 3 amide bonds. The number of rotatable bonds is 5. The summed E-state index contributed by atoms with van der Waals surface area (Å²) in [5, 5.41) is 16.8. The van der Waals surface area contributed by atoms with Crippen LogP contribution < -0.4 is 10.6 Å². The zero-order valence-corrected chi connectivity index (χ0v) is 20.3. The molecule has 1 aromatic heterocycles. The molecule has 184 valence electrons. The van der Waals surface area contributed by atoms with E-state index in [1.54, 1.807) is 17.0 Å². The van der Waals surface area contributed by atoms with E-state index in [1.165, 1.54) is 0 Å². The number of likely N-dealkylation sites (tertiary alicyclic amines) is 1. The topological polar surface area (TPSA) is 118 Å². The zero-order valence-electron chi connectivity index (χ0n) is 19.6. The molecule has 35 heavy (non-hydrogen) atoms. The Morgan fingerprint density at radius 2 is 2.06 bits per heavy atom. The summed E-state index contributed by atoms with van der Waals surface area (Å²) in [7, 11) is 0. The van der Waals surface area contributed by atoms with Gasteiger partial charge in [-0.25, -0.2) is 0 Å². The third-order valence-corrected chi connectivity index (χ3v) is 8.21. The normalized spacial score (nSPS) is 27.1. The molecule has 0 spiro atoms. The molecule has 0 bridgehead atoms. The number of hydrogen-bond acceptors (Lipinski definition) is 4. The van der Waals surface area contributed by atoms with Gasteiger partial charge in [-0.05, 0) is 56.1 Å². The lowest BCUT2D eigenvalue weighted by molar-refractivity contribution is -0.129. The van der Waals surface area contributed by atoms with Crippen molar-refractivity contribution in [2.75, 3.05) is 13.1 Å². The van der Waals surface area contributed by atoms with Gasteiger partial charge in [-0.1, -0.05) is 36.6 Å². The van der Waals surface area contributed by atoms with E-state index >= 15 is 0 Å². The quantitative estimate of drug-likeness (QED) is 0.589. The number of carbonyl (C=O) groups is 3. The number of H-pyrrole nitrogens is 1. The molecule has 3 heterocycles. The van der Waals surface area contributed by atoms with Gasteiger partial charge in [0.15, 0.2) is 0 Å². The first-order chi connectivity index (χ1) is 17.0. The van der Waals surface area contributed by atoms with Crippen LogP contribution in [0.4, 0.5) is 0 Å². The average molecular weight is 496 g/mol. The van der Waals surface area contributed by atoms with Gasteiger partial charge in [0.2, 0.25) is 11.8 Å². The monoisotopic (exact) mass is 495 g/mol. The van der Waals surface area contributed by atoms with Crippen LogP contribution in [0, 0.1) is 29.1 Å². The maximum Gasteiger partial charge on any atom is 0.271 e. The number of hydrogen-bond donors (Lipinski definition) is 3. The Balaban J connectivity index is 1.37. The van der Waals surface area contributed by atoms with Crippen LogP contribution in [0.2, 0.25) is 5.02 Å². The number of fused-ring (bicyclic) bond motifs is 2. The number of aromatic nitrogens is 1. The van der Waals surface area contributed by atoms with Gasteiger partial charge in [0, 0.05) is 24.4 Å². The fourth-order valence-corrected chi connectivity index (χ4v) is 6.39. The summed E-state index contributed by atoms with van der Waals surface area (Å²) in [5.74, 6) is -0.544. The summed E-state index contributed by atoms with van der Waals surface area (Å²) in [6, 6.07) is 8.02. The van der Waals surface area contributed by atoms with Gasteiger partial charge >= 0.3 is 0 Å². The highest BCUT2D eigenvalue weighted by Crippen LogP contribution is 2.41. The summed E-state index contributed by atoms with van der Waals surface area (Å²) in [5.41, 5.74) is 1.10. The first-order valence-electron chi connectivity index (χ1n) is 12.5. The van der Waals surface area contributed by atoms with Crippen molar-refractivity contribution in [2.24, 2.45) is 17.8 Å². The van der Waals surface area contributed by atoms with Crippen molar-refractivity contribution < 1.29 is 14.4 Å². The number of nitriles is 1. The van der Waals surface area contributed by atoms with Crippen molar-refractivity contribution in [2.45, 2.75) is 57.0 Å². The number of carbonyl (C=O) groups excluding carboxylic acids is 3. The Bertz CT molecular complexity index is 1190. The van der Waals surface area contributed by atoms with Crippen LogP contribution in [0.15, 0.2) is 24.3 Å². The van der Waals surface area contributed by atoms with Crippen molar-refractivity contribution in [1.29, 1.82) is 5.26 Å². The van der Waals surface area contributed by atoms with E-state index in [-0.39, 0.29) is 41.9 Å². The Hall–Kier alpha value is -3.05. The fraction of sp³-hybridized carbons (Fsp3) is 0.538. The Morgan fingerprint density at radius 3 is 2.83 bits per heavy atom. The lowest BCUT2D eigenvalue weighted by Crippen LogP contribution is -2.52. The molecule has 3 fully saturated rings. The summed E-state index contributed by atoms with van der Waals surface area (Å²) in [4.78, 5) is 44.2. The van der Waals surface area contributed by atoms with Gasteiger partial charge in [0.05, 0.1) is 16.6 Å². The van der Waals surface area contributed by atoms with Crippen molar-refractivity contribution in [3.8, 4) is 6.07 Å². The number of piperidine rings is 1. The molecule has 2 saturated heterocycles. The van der Waals surface area contributed by atoms with E-state index in [9.17, 15) is 19.6 Å². The first-order valence-corrected chi connectivity index (χ1v) is 12.9. The van der Waals surface area contributed by atoms with Crippen molar-refractivity contribution in [1.82, 2.24) is 20.5 Å². The van der Waals surface area contributed by atoms with E-state index < -0.39 is 12.1 Å². The molecular formula is C26H30ClN5O3. The molecule has 1 aromatic carbocycles. The number of nitrogens with one attached hydrogen (secondary N) is 3. The second kappa shape index (κ2) is 9.90. The SMILES string of the molecule is N#C[C@H](C[C@@H]1CCCNC1=O)NC(=O)[C@@H]1[C@H]2CCCCC2CN1C(=O)c1cc2cccc(Cl)c2[nH]1. The van der Waals surface area contributed by atoms with Crippen molar-refractivity contribution in [3.63, 3.8) is 0 Å². The molecule has 1 saturated carbocycles. The Kier molecular flexibility index (Phi) is 6.70. The molecule has 3 aliphatic rings. The first kappa shape index (κ1) is 23.7. The zero-order chi connectivity index (χ0) is 24.5. The summed E-state index contributed by atoms with van der Waals surface area (Å²) in [6.07, 6.45) is 5.85. The van der Waals surface area contributed by atoms with E-state index in [4.69, 9.17) is 11.6 Å². The minimum absolute atomic E-state index is 0.0618. The van der Waals surface area contributed by atoms with Crippen molar-refractivity contribution in [3.05, 3.63) is 35.0 Å². The minimum atomic E-state index is -0.775. The third-order valence-electron chi connectivity index (χ3n) is 7.90. The lowest BCUT2D eigenvalue weighted by atomic mass is 9.78. The van der Waals surface area contributed by atoms with Gasteiger partial charge in [0.1, 0.15) is 17.8 Å². The third kappa shape index (κ3) is 4.62. The molecule has 9 heteroatoms. The molecule has 5 atom stereocenters. The van der Waals surface area contributed by atoms with Gasteiger partial charge in [-0.15, -0.1) is 0 Å². The number of aromatic amines is 1. The summed E-state index contributed by atoms with van der Waals surface area (Å²) >= 11 is 6.30. The average Bonchev–Trinajstić information content (AvgIpc) is 3.47. The highest BCUT2D eigenvalue weighted by Gasteiger charge is 2.49. The minimum Gasteiger partial charge on any atom is -0.356 e. The van der Waals surface area contributed by atoms with Crippen LogP contribution in [0.3, 0.4) is 0 Å². The molecule has 8 nitrogen and oxygen atoms in total. The maximum absolute atomic E-state index is 13.7. The molecule has 2 aliphatic heterocycles. The predicted octanol–water partition coefficient (Wildman–Crippen LogP) is 3.38. The van der Waals surface area contributed by atoms with Crippen LogP contribution in [0.25, 0.3) is 10.9 Å². The molecule has 2 aromatic rings. The maximum atomic E-state index is 13.7. The van der Waals surface area contributed by atoms with Crippen molar-refractivity contribution >= 4 is 40.2 Å². The van der Waals surface area contributed by atoms with Crippen LogP contribution >= 0.6 is 11.6 Å². The predicted molar refractivity (Wildman–Crippen MR) is 131 cm³/mol. The summed E-state index contributed by atoms with van der Waals surface area (Å²) < 4.78 is 0. The highest BCUT2D eigenvalue weighted by molar-refractivity contribution is 6.35. The number of para-hydroxylation sites is 1. The van der Waals surface area contributed by atoms with Gasteiger partial charge in [-0.2, -0.15) is 5.26 Å². The molecule has 5 rings (SSSR count). The van der Waals surface area contributed by atoms with Gasteiger partial charge in [0.25, 0.3) is 5.91 Å². The Morgan fingerprint density at radius 1 is 1.23 bits per heavy atom. The Labute approximate surface area is 209 Å². The van der Waals surface area contributed by atoms with Crippen LogP contribution in [-0.2, 0) is 9.59 Å². The summed E-state index contributed by atoms with van der Waals surface area (Å²) in [6.45, 7) is 1.17. The largest absolute Gasteiger partial charge is 0.356 e. The van der Waals surface area contributed by atoms with Crippen LogP contribution in [0.5, 0.6) is 0 Å². The molecule has 1 unspecified atom stereocenters. The fourth-order valence-electron chi connectivity index (χ4n) is 6.16. The van der Waals surface area contributed by atoms with Crippen LogP contribution in [0.1, 0.15) is 55.4 Å². The molecule has 1 aliphatic carbocycles. The standard InChI is InChI=1S/C26H30ClN5O3/c27-20-9-3-6-15-12-21(31-22(15)20)26(35)32-14-17-5-1-2-8-19(17)23(32)25(34)30-18(13-28)11-16-7-4-10-29-24(16)33/h3,6,9,12,16-19,23,31H,1-2,4-5,7-8,10-11,14H2,(H,29,33)(H,30,34)/t16-,17?,18-,19-,23-/m0/s1. The molecule has 3 N–H and O–H groups in total. The van der Waals surface area contributed by atoms with Gasteiger partial charge < -0.3 is 20.5 Å². The highest BCUT2D eigenvalue weighted by atomic mass is 35.5. The van der Waals surface area contributed by atoms with E-state index in [2.05, 4.69) is 21.7 Å². The lowest BCUT2D eigenvalue weighted by Gasteiger charge is -2.30. The van der Waals surface area contributed by atoms with E-state index in [0.717, 1.165) is 37.5 Å². The second-order valence-corrected chi connectivity index (χ2v) is 10.5. The number of halogens is 1. The van der Waals surface area contributed by atoms with E-state index in [1.807, 2.05) is 12.1 Å². The molecular weight excluding hydrogens is 466 g/mol. The number of nitrogens with zero attached hydrogens (tertiary/aromatic N) is 2. The molecule has 0 radical (unpaired) electrons. The smallest absolute Gasteiger partial charge is 0.271 e. The number of benzene rings is 1. The second-order valence-electron chi connectivity index (χ2n) is 10.1.